The molecule has 1 aliphatic heterocycles. The molecule has 6 nitrogen and oxygen atoms in total. The zero-order valence-electron chi connectivity index (χ0n) is 13.9. The van der Waals surface area contributed by atoms with Crippen LogP contribution < -0.4 is 9.62 Å². The highest BCUT2D eigenvalue weighted by Crippen LogP contribution is 2.22. The van der Waals surface area contributed by atoms with Gasteiger partial charge in [0.25, 0.3) is 0 Å². The zero-order chi connectivity index (χ0) is 16.9. The zero-order valence-corrected chi connectivity index (χ0v) is 14.7. The van der Waals surface area contributed by atoms with Crippen molar-refractivity contribution >= 4 is 15.8 Å². The Hall–Kier alpha value is -1.18. The minimum absolute atomic E-state index is 0.183. The first-order valence-electron chi connectivity index (χ1n) is 8.24. The number of hydrogen-bond donors (Lipinski definition) is 2. The molecule has 1 saturated heterocycles. The number of pyridine rings is 1. The van der Waals surface area contributed by atoms with Crippen LogP contribution in [0.15, 0.2) is 23.2 Å². The molecule has 0 spiro atoms. The van der Waals surface area contributed by atoms with Crippen molar-refractivity contribution in [2.75, 3.05) is 31.1 Å². The van der Waals surface area contributed by atoms with E-state index in [1.54, 1.807) is 12.1 Å². The maximum absolute atomic E-state index is 12.2. The molecule has 0 aliphatic carbocycles. The maximum Gasteiger partial charge on any atom is 0.242 e. The van der Waals surface area contributed by atoms with Crippen molar-refractivity contribution in [3.05, 3.63) is 18.3 Å². The van der Waals surface area contributed by atoms with Gasteiger partial charge in [-0.15, -0.1) is 0 Å². The second-order valence-corrected chi connectivity index (χ2v) is 8.34. The van der Waals surface area contributed by atoms with Crippen LogP contribution in [-0.4, -0.2) is 44.7 Å². The minimum atomic E-state index is -3.49. The fraction of sp³-hybridized carbons (Fsp3) is 0.688. The van der Waals surface area contributed by atoms with Crippen molar-refractivity contribution in [3.8, 4) is 0 Å². The van der Waals surface area contributed by atoms with Crippen LogP contribution in [0.1, 0.15) is 33.1 Å². The molecule has 1 fully saturated rings. The van der Waals surface area contributed by atoms with Crippen LogP contribution in [0.2, 0.25) is 0 Å². The van der Waals surface area contributed by atoms with E-state index >= 15 is 0 Å². The van der Waals surface area contributed by atoms with E-state index in [0.717, 1.165) is 38.2 Å². The van der Waals surface area contributed by atoms with Crippen molar-refractivity contribution in [2.24, 2.45) is 11.8 Å². The standard InChI is InChI=1S/C16H27N3O3S/c1-13(2)7-8-18-23(21,22)15-5-6-16(17-10-15)19-9-3-4-14(11-19)12-20/h5-6,10,13-14,18,20H,3-4,7-9,11-12H2,1-2H3. The number of anilines is 1. The lowest BCUT2D eigenvalue weighted by Crippen LogP contribution is -2.37. The van der Waals surface area contributed by atoms with Gasteiger partial charge in [-0.1, -0.05) is 13.8 Å². The molecule has 2 rings (SSSR count). The van der Waals surface area contributed by atoms with E-state index in [1.807, 2.05) is 0 Å². The monoisotopic (exact) mass is 341 g/mol. The summed E-state index contributed by atoms with van der Waals surface area (Å²) in [6.45, 7) is 6.39. The van der Waals surface area contributed by atoms with Gasteiger partial charge in [0.15, 0.2) is 0 Å². The van der Waals surface area contributed by atoms with Gasteiger partial charge in [0.2, 0.25) is 10.0 Å². The number of nitrogens with one attached hydrogen (secondary N) is 1. The Morgan fingerprint density at radius 3 is 2.83 bits per heavy atom. The van der Waals surface area contributed by atoms with Gasteiger partial charge in [-0.2, -0.15) is 0 Å². The molecule has 0 radical (unpaired) electrons. The highest BCUT2D eigenvalue weighted by Gasteiger charge is 2.21. The molecule has 2 N–H and O–H groups in total. The van der Waals surface area contributed by atoms with Crippen LogP contribution in [0, 0.1) is 11.8 Å². The Kier molecular flexibility index (Phi) is 6.38. The molecule has 130 valence electrons. The number of nitrogens with zero attached hydrogens (tertiary/aromatic N) is 2. The molecule has 0 saturated carbocycles. The largest absolute Gasteiger partial charge is 0.396 e. The number of aromatic nitrogens is 1. The third-order valence-electron chi connectivity index (χ3n) is 4.15. The van der Waals surface area contributed by atoms with Gasteiger partial charge in [-0.05, 0) is 43.2 Å². The predicted octanol–water partition coefficient (Wildman–Crippen LogP) is 1.61. The molecule has 1 unspecified atom stereocenters. The number of piperidine rings is 1. The molecule has 2 heterocycles. The highest BCUT2D eigenvalue weighted by molar-refractivity contribution is 7.89. The van der Waals surface area contributed by atoms with E-state index in [0.29, 0.717) is 12.5 Å². The van der Waals surface area contributed by atoms with Crippen LogP contribution in [0.4, 0.5) is 5.82 Å². The van der Waals surface area contributed by atoms with Crippen LogP contribution >= 0.6 is 0 Å². The number of aliphatic hydroxyl groups is 1. The molecule has 1 atom stereocenters. The second kappa shape index (κ2) is 8.08. The average molecular weight is 341 g/mol. The molecular weight excluding hydrogens is 314 g/mol. The summed E-state index contributed by atoms with van der Waals surface area (Å²) in [4.78, 5) is 6.60. The van der Waals surface area contributed by atoms with Gasteiger partial charge < -0.3 is 10.0 Å². The fourth-order valence-electron chi connectivity index (χ4n) is 2.71. The van der Waals surface area contributed by atoms with E-state index in [2.05, 4.69) is 28.5 Å². The fourth-order valence-corrected chi connectivity index (χ4v) is 3.70. The second-order valence-electron chi connectivity index (χ2n) is 6.57. The lowest BCUT2D eigenvalue weighted by atomic mass is 9.99. The van der Waals surface area contributed by atoms with E-state index in [9.17, 15) is 13.5 Å². The Bertz CT molecular complexity index is 587. The van der Waals surface area contributed by atoms with E-state index in [4.69, 9.17) is 0 Å². The summed E-state index contributed by atoms with van der Waals surface area (Å²) >= 11 is 0. The molecule has 1 aromatic rings. The van der Waals surface area contributed by atoms with Gasteiger partial charge in [-0.3, -0.25) is 0 Å². The Labute approximate surface area is 139 Å². The highest BCUT2D eigenvalue weighted by atomic mass is 32.2. The van der Waals surface area contributed by atoms with Crippen LogP contribution in [-0.2, 0) is 10.0 Å². The normalized spacial score (nSPS) is 19.3. The van der Waals surface area contributed by atoms with Gasteiger partial charge in [0.05, 0.1) is 0 Å². The van der Waals surface area contributed by atoms with E-state index in [-0.39, 0.29) is 17.4 Å². The summed E-state index contributed by atoms with van der Waals surface area (Å²) in [7, 11) is -3.49. The van der Waals surface area contributed by atoms with E-state index in [1.165, 1.54) is 6.20 Å². The first-order chi connectivity index (χ1) is 10.9. The number of aliphatic hydroxyl groups excluding tert-OH is 1. The lowest BCUT2D eigenvalue weighted by Gasteiger charge is -2.32. The van der Waals surface area contributed by atoms with Crippen LogP contribution in [0.5, 0.6) is 0 Å². The smallest absolute Gasteiger partial charge is 0.242 e. The SMILES string of the molecule is CC(C)CCNS(=O)(=O)c1ccc(N2CCCC(CO)C2)nc1. The van der Waals surface area contributed by atoms with Gasteiger partial charge in [0.1, 0.15) is 10.7 Å². The molecule has 0 aromatic carbocycles. The maximum atomic E-state index is 12.2. The van der Waals surface area contributed by atoms with E-state index < -0.39 is 10.0 Å². The predicted molar refractivity (Wildman–Crippen MR) is 90.9 cm³/mol. The van der Waals surface area contributed by atoms with Gasteiger partial charge in [0, 0.05) is 32.4 Å². The summed E-state index contributed by atoms with van der Waals surface area (Å²) in [5.74, 6) is 1.49. The van der Waals surface area contributed by atoms with Gasteiger partial charge in [-0.25, -0.2) is 18.1 Å². The summed E-state index contributed by atoms with van der Waals surface area (Å²) in [5.41, 5.74) is 0. The van der Waals surface area contributed by atoms with Crippen LogP contribution in [0.3, 0.4) is 0 Å². The third-order valence-corrected chi connectivity index (χ3v) is 5.59. The van der Waals surface area contributed by atoms with Crippen molar-refractivity contribution < 1.29 is 13.5 Å². The molecular formula is C16H27N3O3S. The van der Waals surface area contributed by atoms with Crippen LogP contribution in [0.25, 0.3) is 0 Å². The summed E-state index contributed by atoms with van der Waals surface area (Å²) < 4.78 is 27.0. The molecule has 1 aromatic heterocycles. The Balaban J connectivity index is 2.01. The molecule has 23 heavy (non-hydrogen) atoms. The Morgan fingerprint density at radius 2 is 2.22 bits per heavy atom. The molecule has 1 aliphatic rings. The third kappa shape index (κ3) is 5.16. The number of rotatable bonds is 7. The van der Waals surface area contributed by atoms with Crippen molar-refractivity contribution in [1.82, 2.24) is 9.71 Å². The molecule has 7 heteroatoms. The first kappa shape index (κ1) is 18.2. The summed E-state index contributed by atoms with van der Waals surface area (Å²) in [5, 5.41) is 9.29. The first-order valence-corrected chi connectivity index (χ1v) is 9.72. The average Bonchev–Trinajstić information content (AvgIpc) is 2.54. The quantitative estimate of drug-likeness (QED) is 0.787. The molecule has 0 amide bonds. The van der Waals surface area contributed by atoms with Crippen molar-refractivity contribution in [3.63, 3.8) is 0 Å². The number of hydrogen-bond acceptors (Lipinski definition) is 5. The summed E-state index contributed by atoms with van der Waals surface area (Å²) in [6, 6.07) is 3.35. The number of sulfonamides is 1. The Morgan fingerprint density at radius 1 is 1.43 bits per heavy atom. The minimum Gasteiger partial charge on any atom is -0.396 e. The lowest BCUT2D eigenvalue weighted by molar-refractivity contribution is 0.208. The topological polar surface area (TPSA) is 82.5 Å². The summed E-state index contributed by atoms with van der Waals surface area (Å²) in [6.07, 6.45) is 4.26. The molecule has 0 bridgehead atoms. The van der Waals surface area contributed by atoms with Crippen molar-refractivity contribution in [1.29, 1.82) is 0 Å². The van der Waals surface area contributed by atoms with Gasteiger partial charge >= 0.3 is 0 Å². The van der Waals surface area contributed by atoms with Crippen molar-refractivity contribution in [2.45, 2.75) is 38.0 Å².